The maximum absolute atomic E-state index is 13.5. The minimum absolute atomic E-state index is 0.176. The molecule has 1 unspecified atom stereocenters. The highest BCUT2D eigenvalue weighted by Gasteiger charge is 2.42. The number of nitrogens with zero attached hydrogens (tertiary/aromatic N) is 1. The standard InChI is InChI=1S/C29H34N2O5.C2H6/c1-18-22-15-24(31(2)23(22)13-14-25(18)35-3)27(32)30-29(16-36-17-29)21-11-9-20(10-12-21)26(28(33)34)19-7-5-4-6-8-19;1-2/h9-15,19,26H,4-8,16-17H2,1-3H3,(H,30,32)(H,33,34);1-2H3. The van der Waals surface area contributed by atoms with E-state index in [1.54, 1.807) is 7.11 Å². The molecule has 0 bridgehead atoms. The second-order valence-corrected chi connectivity index (χ2v) is 10.3. The summed E-state index contributed by atoms with van der Waals surface area (Å²) in [6, 6.07) is 13.5. The fourth-order valence-corrected chi connectivity index (χ4v) is 5.96. The molecule has 2 aliphatic rings. The molecule has 1 aliphatic heterocycles. The third kappa shape index (κ3) is 5.04. The van der Waals surface area contributed by atoms with Gasteiger partial charge in [-0.3, -0.25) is 9.59 Å². The van der Waals surface area contributed by atoms with Crippen molar-refractivity contribution in [3.63, 3.8) is 0 Å². The minimum Gasteiger partial charge on any atom is -0.496 e. The Labute approximate surface area is 225 Å². The third-order valence-corrected chi connectivity index (χ3v) is 8.16. The largest absolute Gasteiger partial charge is 0.496 e. The van der Waals surface area contributed by atoms with Crippen molar-refractivity contribution >= 4 is 22.8 Å². The molecular formula is C31H40N2O5. The molecule has 1 saturated heterocycles. The van der Waals surface area contributed by atoms with E-state index in [1.807, 2.05) is 74.9 Å². The van der Waals surface area contributed by atoms with Crippen LogP contribution in [0.4, 0.5) is 0 Å². The van der Waals surface area contributed by atoms with E-state index in [0.717, 1.165) is 59.0 Å². The van der Waals surface area contributed by atoms with Gasteiger partial charge < -0.3 is 24.5 Å². The van der Waals surface area contributed by atoms with Crippen molar-refractivity contribution < 1.29 is 24.2 Å². The molecular weight excluding hydrogens is 480 g/mol. The number of aromatic nitrogens is 1. The van der Waals surface area contributed by atoms with Crippen LogP contribution in [0.25, 0.3) is 10.9 Å². The first kappa shape index (κ1) is 27.7. The highest BCUT2D eigenvalue weighted by molar-refractivity contribution is 6.00. The van der Waals surface area contributed by atoms with Crippen molar-refractivity contribution in [1.29, 1.82) is 0 Å². The van der Waals surface area contributed by atoms with Gasteiger partial charge in [-0.15, -0.1) is 0 Å². The van der Waals surface area contributed by atoms with Crippen LogP contribution in [-0.4, -0.2) is 41.9 Å². The van der Waals surface area contributed by atoms with Crippen molar-refractivity contribution in [2.45, 2.75) is 64.3 Å². The average molecular weight is 521 g/mol. The quantitative estimate of drug-likeness (QED) is 0.403. The molecule has 1 atom stereocenters. The molecule has 2 heterocycles. The molecule has 2 aromatic carbocycles. The monoisotopic (exact) mass is 520 g/mol. The fraction of sp³-hybridized carbons (Fsp3) is 0.484. The molecule has 0 spiro atoms. The van der Waals surface area contributed by atoms with E-state index in [1.165, 1.54) is 6.42 Å². The number of rotatable bonds is 7. The Morgan fingerprint density at radius 1 is 1.08 bits per heavy atom. The summed E-state index contributed by atoms with van der Waals surface area (Å²) < 4.78 is 12.9. The predicted molar refractivity (Wildman–Crippen MR) is 149 cm³/mol. The van der Waals surface area contributed by atoms with E-state index >= 15 is 0 Å². The molecule has 5 rings (SSSR count). The summed E-state index contributed by atoms with van der Waals surface area (Å²) in [6.45, 7) is 6.74. The van der Waals surface area contributed by atoms with Gasteiger partial charge in [-0.05, 0) is 55.0 Å². The lowest BCUT2D eigenvalue weighted by molar-refractivity contribution is -0.140. The molecule has 204 valence electrons. The number of carboxylic acids is 1. The van der Waals surface area contributed by atoms with Gasteiger partial charge in [0.05, 0.1) is 26.2 Å². The van der Waals surface area contributed by atoms with Gasteiger partial charge in [0, 0.05) is 23.5 Å². The number of ether oxygens (including phenoxy) is 2. The molecule has 3 aromatic rings. The molecule has 7 heteroatoms. The van der Waals surface area contributed by atoms with Gasteiger partial charge in [0.15, 0.2) is 0 Å². The van der Waals surface area contributed by atoms with Crippen molar-refractivity contribution in [2.24, 2.45) is 13.0 Å². The summed E-state index contributed by atoms with van der Waals surface area (Å²) in [7, 11) is 3.53. The van der Waals surface area contributed by atoms with E-state index in [2.05, 4.69) is 5.32 Å². The number of aliphatic carboxylic acids is 1. The number of amides is 1. The lowest BCUT2D eigenvalue weighted by Gasteiger charge is -2.42. The Morgan fingerprint density at radius 3 is 2.29 bits per heavy atom. The molecule has 2 N–H and O–H groups in total. The normalized spacial score (nSPS) is 17.6. The van der Waals surface area contributed by atoms with E-state index < -0.39 is 17.4 Å². The Bertz CT molecular complexity index is 1280. The number of hydrogen-bond acceptors (Lipinski definition) is 4. The molecule has 7 nitrogen and oxygen atoms in total. The first-order valence-electron chi connectivity index (χ1n) is 13.7. The van der Waals surface area contributed by atoms with Gasteiger partial charge in [0.25, 0.3) is 5.91 Å². The molecule has 2 fully saturated rings. The van der Waals surface area contributed by atoms with E-state index in [-0.39, 0.29) is 11.8 Å². The van der Waals surface area contributed by atoms with Crippen LogP contribution in [0.3, 0.4) is 0 Å². The van der Waals surface area contributed by atoms with Crippen LogP contribution in [0.2, 0.25) is 0 Å². The first-order valence-corrected chi connectivity index (χ1v) is 13.7. The number of carbonyl (C=O) groups is 2. The zero-order valence-corrected chi connectivity index (χ0v) is 23.2. The van der Waals surface area contributed by atoms with Gasteiger partial charge >= 0.3 is 5.97 Å². The smallest absolute Gasteiger partial charge is 0.311 e. The third-order valence-electron chi connectivity index (χ3n) is 8.16. The topological polar surface area (TPSA) is 89.8 Å². The highest BCUT2D eigenvalue weighted by Crippen LogP contribution is 2.38. The van der Waals surface area contributed by atoms with Gasteiger partial charge in [-0.1, -0.05) is 57.4 Å². The molecule has 1 aromatic heterocycles. The van der Waals surface area contributed by atoms with Crippen LogP contribution >= 0.6 is 0 Å². The summed E-state index contributed by atoms with van der Waals surface area (Å²) in [5.41, 5.74) is 3.64. The van der Waals surface area contributed by atoms with Crippen molar-refractivity contribution in [3.05, 3.63) is 64.8 Å². The highest BCUT2D eigenvalue weighted by atomic mass is 16.5. The number of aryl methyl sites for hydroxylation is 2. The van der Waals surface area contributed by atoms with Crippen molar-refractivity contribution in [2.75, 3.05) is 20.3 Å². The lowest BCUT2D eigenvalue weighted by Crippen LogP contribution is -2.59. The Kier molecular flexibility index (Phi) is 8.46. The lowest BCUT2D eigenvalue weighted by atomic mass is 9.76. The number of fused-ring (bicyclic) bond motifs is 1. The predicted octanol–water partition coefficient (Wildman–Crippen LogP) is 5.93. The van der Waals surface area contributed by atoms with Gasteiger partial charge in [-0.25, -0.2) is 0 Å². The summed E-state index contributed by atoms with van der Waals surface area (Å²) in [4.78, 5) is 25.6. The summed E-state index contributed by atoms with van der Waals surface area (Å²) in [5, 5.41) is 14.2. The maximum atomic E-state index is 13.5. The fourth-order valence-electron chi connectivity index (χ4n) is 5.96. The SMILES string of the molecule is CC.COc1ccc2c(cc(C(=O)NC3(c4ccc(C(C(=O)O)C5CCCCC5)cc4)COC3)n2C)c1C. The van der Waals surface area contributed by atoms with Crippen LogP contribution in [0, 0.1) is 12.8 Å². The van der Waals surface area contributed by atoms with Crippen LogP contribution in [0.1, 0.15) is 79.0 Å². The van der Waals surface area contributed by atoms with E-state index in [4.69, 9.17) is 9.47 Å². The van der Waals surface area contributed by atoms with Crippen molar-refractivity contribution in [3.8, 4) is 5.75 Å². The number of carboxylic acid groups (broad SMARTS) is 1. The number of hydrogen-bond donors (Lipinski definition) is 2. The Balaban J connectivity index is 0.00000164. The van der Waals surface area contributed by atoms with Crippen LogP contribution in [0.5, 0.6) is 5.75 Å². The molecule has 1 aliphatic carbocycles. The van der Waals surface area contributed by atoms with Crippen molar-refractivity contribution in [1.82, 2.24) is 9.88 Å². The second kappa shape index (κ2) is 11.6. The van der Waals surface area contributed by atoms with Crippen LogP contribution in [0.15, 0.2) is 42.5 Å². The minimum atomic E-state index is -0.757. The second-order valence-electron chi connectivity index (χ2n) is 10.3. The molecule has 0 radical (unpaired) electrons. The van der Waals surface area contributed by atoms with Crippen LogP contribution < -0.4 is 10.1 Å². The Hall–Kier alpha value is -3.32. The van der Waals surface area contributed by atoms with E-state index in [9.17, 15) is 14.7 Å². The van der Waals surface area contributed by atoms with Crippen LogP contribution in [-0.2, 0) is 22.1 Å². The summed E-state index contributed by atoms with van der Waals surface area (Å²) >= 11 is 0. The first-order chi connectivity index (χ1) is 18.3. The van der Waals surface area contributed by atoms with Gasteiger partial charge in [0.2, 0.25) is 0 Å². The van der Waals surface area contributed by atoms with Gasteiger partial charge in [0.1, 0.15) is 17.0 Å². The van der Waals surface area contributed by atoms with Gasteiger partial charge in [-0.2, -0.15) is 0 Å². The maximum Gasteiger partial charge on any atom is 0.311 e. The summed E-state index contributed by atoms with van der Waals surface area (Å²) in [5.74, 6) is -0.454. The summed E-state index contributed by atoms with van der Waals surface area (Å²) in [6.07, 6.45) is 5.30. The average Bonchev–Trinajstić information content (AvgIpc) is 3.26. The molecule has 38 heavy (non-hydrogen) atoms. The number of methoxy groups -OCH3 is 1. The number of benzene rings is 2. The number of carbonyl (C=O) groups excluding carboxylic acids is 1. The zero-order chi connectivity index (χ0) is 27.4. The zero-order valence-electron chi connectivity index (χ0n) is 23.2. The molecule has 1 amide bonds. The molecule has 1 saturated carbocycles. The Morgan fingerprint density at radius 2 is 1.74 bits per heavy atom. The number of nitrogens with one attached hydrogen (secondary N) is 1. The van der Waals surface area contributed by atoms with E-state index in [0.29, 0.717) is 18.9 Å².